The lowest BCUT2D eigenvalue weighted by Gasteiger charge is -2.14. The van der Waals surface area contributed by atoms with E-state index in [4.69, 9.17) is 11.5 Å². The van der Waals surface area contributed by atoms with E-state index in [0.29, 0.717) is 17.2 Å². The maximum Gasteiger partial charge on any atom is 0.149 e. The van der Waals surface area contributed by atoms with Gasteiger partial charge in [-0.15, -0.1) is 0 Å². The number of pyridine rings is 1. The molecular formula is C14H29N6+. The van der Waals surface area contributed by atoms with Crippen molar-refractivity contribution < 1.29 is 4.90 Å². The predicted molar refractivity (Wildman–Crippen MR) is 85.9 cm³/mol. The van der Waals surface area contributed by atoms with Gasteiger partial charge in [0, 0.05) is 19.6 Å². The first-order valence-electron chi connectivity index (χ1n) is 7.40. The zero-order valence-electron chi connectivity index (χ0n) is 12.7. The quantitative estimate of drug-likeness (QED) is 0.375. The number of quaternary nitrogens is 1. The maximum absolute atomic E-state index is 5.82. The molecule has 0 aliphatic heterocycles. The van der Waals surface area contributed by atoms with Gasteiger partial charge in [-0.1, -0.05) is 13.3 Å². The van der Waals surface area contributed by atoms with Crippen molar-refractivity contribution in [2.45, 2.75) is 19.8 Å². The van der Waals surface area contributed by atoms with Crippen LogP contribution in [-0.2, 0) is 0 Å². The Hall–Kier alpha value is -1.53. The van der Waals surface area contributed by atoms with Crippen LogP contribution in [0.2, 0.25) is 0 Å². The molecule has 0 spiro atoms. The number of nitrogen functional groups attached to an aromatic ring is 2. The number of hydrogen-bond donors (Lipinski definition) is 5. The van der Waals surface area contributed by atoms with Gasteiger partial charge in [-0.05, 0) is 12.5 Å². The first-order valence-corrected chi connectivity index (χ1v) is 7.40. The fraction of sp³-hybridized carbons (Fsp3) is 0.643. The molecule has 1 aromatic heterocycles. The maximum atomic E-state index is 5.82. The van der Waals surface area contributed by atoms with Crippen molar-refractivity contribution in [3.05, 3.63) is 12.3 Å². The SMILES string of the molecule is CCCC[NH+](C)CCNCCNc1ncc(N)cc1N. The summed E-state index contributed by atoms with van der Waals surface area (Å²) < 4.78 is 0. The highest BCUT2D eigenvalue weighted by atomic mass is 15.1. The molecule has 0 radical (unpaired) electrons. The molecule has 7 N–H and O–H groups in total. The number of aromatic nitrogens is 1. The van der Waals surface area contributed by atoms with E-state index >= 15 is 0 Å². The summed E-state index contributed by atoms with van der Waals surface area (Å²) in [6.45, 7) is 7.36. The van der Waals surface area contributed by atoms with Crippen molar-refractivity contribution in [1.82, 2.24) is 10.3 Å². The van der Waals surface area contributed by atoms with Crippen molar-refractivity contribution in [2.24, 2.45) is 0 Å². The van der Waals surface area contributed by atoms with Crippen molar-refractivity contribution >= 4 is 17.2 Å². The third kappa shape index (κ3) is 6.58. The van der Waals surface area contributed by atoms with E-state index in [9.17, 15) is 0 Å². The molecule has 0 aromatic carbocycles. The minimum absolute atomic E-state index is 0.587. The molecule has 114 valence electrons. The summed E-state index contributed by atoms with van der Waals surface area (Å²) in [6.07, 6.45) is 4.18. The van der Waals surface area contributed by atoms with Crippen LogP contribution in [-0.4, -0.2) is 44.8 Å². The second-order valence-electron chi connectivity index (χ2n) is 5.19. The Morgan fingerprint density at radius 3 is 2.70 bits per heavy atom. The monoisotopic (exact) mass is 281 g/mol. The van der Waals surface area contributed by atoms with Gasteiger partial charge in [-0.25, -0.2) is 4.98 Å². The lowest BCUT2D eigenvalue weighted by molar-refractivity contribution is -0.878. The van der Waals surface area contributed by atoms with Crippen molar-refractivity contribution in [2.75, 3.05) is 56.6 Å². The second-order valence-corrected chi connectivity index (χ2v) is 5.19. The smallest absolute Gasteiger partial charge is 0.149 e. The van der Waals surface area contributed by atoms with Gasteiger partial charge in [0.25, 0.3) is 0 Å². The average Bonchev–Trinajstić information content (AvgIpc) is 2.42. The van der Waals surface area contributed by atoms with Crippen LogP contribution < -0.4 is 27.0 Å². The standard InChI is InChI=1S/C14H28N6/c1-3-4-8-20(2)9-7-17-5-6-18-14-13(16)10-12(15)11-19-14/h10-11,17H,3-9,15-16H2,1-2H3,(H,18,19)/p+1. The highest BCUT2D eigenvalue weighted by molar-refractivity contribution is 5.65. The Balaban J connectivity index is 2.07. The van der Waals surface area contributed by atoms with Crippen LogP contribution in [0.1, 0.15) is 19.8 Å². The fourth-order valence-corrected chi connectivity index (χ4v) is 1.95. The van der Waals surface area contributed by atoms with Crippen LogP contribution in [0.5, 0.6) is 0 Å². The number of rotatable bonds is 10. The van der Waals surface area contributed by atoms with Gasteiger partial charge in [-0.3, -0.25) is 0 Å². The minimum atomic E-state index is 0.587. The fourth-order valence-electron chi connectivity index (χ4n) is 1.95. The minimum Gasteiger partial charge on any atom is -0.397 e. The number of nitrogens with two attached hydrogens (primary N) is 2. The van der Waals surface area contributed by atoms with Crippen LogP contribution >= 0.6 is 0 Å². The van der Waals surface area contributed by atoms with Crippen LogP contribution in [0.15, 0.2) is 12.3 Å². The van der Waals surface area contributed by atoms with Gasteiger partial charge in [0.15, 0.2) is 0 Å². The number of anilines is 3. The molecule has 0 saturated carbocycles. The Kier molecular flexibility index (Phi) is 7.75. The van der Waals surface area contributed by atoms with Gasteiger partial charge < -0.3 is 27.0 Å². The third-order valence-corrected chi connectivity index (χ3v) is 3.22. The molecule has 20 heavy (non-hydrogen) atoms. The van der Waals surface area contributed by atoms with E-state index in [1.54, 1.807) is 17.2 Å². The van der Waals surface area contributed by atoms with Crippen LogP contribution in [0.3, 0.4) is 0 Å². The summed E-state index contributed by atoms with van der Waals surface area (Å²) in [6, 6.07) is 1.72. The zero-order valence-corrected chi connectivity index (χ0v) is 12.7. The molecule has 0 saturated heterocycles. The third-order valence-electron chi connectivity index (χ3n) is 3.22. The number of nitrogens with one attached hydrogen (secondary N) is 3. The van der Waals surface area contributed by atoms with E-state index in [2.05, 4.69) is 29.6 Å². The van der Waals surface area contributed by atoms with E-state index in [0.717, 1.165) is 26.2 Å². The predicted octanol–water partition coefficient (Wildman–Crippen LogP) is -0.438. The van der Waals surface area contributed by atoms with Crippen LogP contribution in [0, 0.1) is 0 Å². The van der Waals surface area contributed by atoms with E-state index < -0.39 is 0 Å². The van der Waals surface area contributed by atoms with Crippen molar-refractivity contribution in [3.63, 3.8) is 0 Å². The Morgan fingerprint density at radius 2 is 2.00 bits per heavy atom. The Bertz CT molecular complexity index is 382. The highest BCUT2D eigenvalue weighted by Crippen LogP contribution is 2.16. The van der Waals surface area contributed by atoms with Crippen LogP contribution in [0.4, 0.5) is 17.2 Å². The number of likely N-dealkylation sites (N-methyl/N-ethyl adjacent to an activating group) is 1. The lowest BCUT2D eigenvalue weighted by Crippen LogP contribution is -3.09. The van der Waals surface area contributed by atoms with E-state index in [1.165, 1.54) is 19.4 Å². The van der Waals surface area contributed by atoms with Crippen molar-refractivity contribution in [1.29, 1.82) is 0 Å². The lowest BCUT2D eigenvalue weighted by atomic mass is 10.3. The number of hydrogen-bond acceptors (Lipinski definition) is 5. The first-order chi connectivity index (χ1) is 9.63. The van der Waals surface area contributed by atoms with Gasteiger partial charge in [-0.2, -0.15) is 0 Å². The largest absolute Gasteiger partial charge is 0.397 e. The molecule has 6 nitrogen and oxygen atoms in total. The summed E-state index contributed by atoms with van der Waals surface area (Å²) in [4.78, 5) is 5.74. The van der Waals surface area contributed by atoms with E-state index in [-0.39, 0.29) is 0 Å². The summed E-state index contributed by atoms with van der Waals surface area (Å²) in [5.74, 6) is 0.701. The Morgan fingerprint density at radius 1 is 1.20 bits per heavy atom. The molecular weight excluding hydrogens is 252 g/mol. The molecule has 0 fully saturated rings. The number of unbranched alkanes of at least 4 members (excludes halogenated alkanes) is 1. The molecule has 0 bridgehead atoms. The van der Waals surface area contributed by atoms with Gasteiger partial charge in [0.05, 0.1) is 37.7 Å². The van der Waals surface area contributed by atoms with Crippen LogP contribution in [0.25, 0.3) is 0 Å². The molecule has 1 unspecified atom stereocenters. The molecule has 6 heteroatoms. The van der Waals surface area contributed by atoms with E-state index in [1.807, 2.05) is 0 Å². The molecule has 1 rings (SSSR count). The normalized spacial score (nSPS) is 12.3. The molecule has 0 aliphatic carbocycles. The summed E-state index contributed by atoms with van der Waals surface area (Å²) >= 11 is 0. The molecule has 1 heterocycles. The summed E-state index contributed by atoms with van der Waals surface area (Å²) in [5, 5.41) is 6.62. The molecule has 1 aromatic rings. The molecule has 1 atom stereocenters. The molecule has 0 aliphatic rings. The molecule has 0 amide bonds. The highest BCUT2D eigenvalue weighted by Gasteiger charge is 2.01. The average molecular weight is 281 g/mol. The van der Waals surface area contributed by atoms with Gasteiger partial charge in [0.1, 0.15) is 5.82 Å². The second kappa shape index (κ2) is 9.39. The Labute approximate surface area is 121 Å². The first kappa shape index (κ1) is 16.5. The summed E-state index contributed by atoms with van der Waals surface area (Å²) in [7, 11) is 2.24. The van der Waals surface area contributed by atoms with Gasteiger partial charge >= 0.3 is 0 Å². The topological polar surface area (TPSA) is 93.4 Å². The zero-order chi connectivity index (χ0) is 14.8. The van der Waals surface area contributed by atoms with Gasteiger partial charge in [0.2, 0.25) is 0 Å². The number of nitrogens with zero attached hydrogens (tertiary/aromatic N) is 1. The van der Waals surface area contributed by atoms with Crippen molar-refractivity contribution in [3.8, 4) is 0 Å². The summed E-state index contributed by atoms with van der Waals surface area (Å²) in [5.41, 5.74) is 12.6.